The largest absolute Gasteiger partial charge is 0.478 e. The number of morpholine rings is 1. The van der Waals surface area contributed by atoms with E-state index in [1.807, 2.05) is 0 Å². The van der Waals surface area contributed by atoms with E-state index in [1.165, 1.54) is 22.5 Å². The summed E-state index contributed by atoms with van der Waals surface area (Å²) in [6.45, 7) is 0.163. The van der Waals surface area contributed by atoms with Crippen LogP contribution in [0.25, 0.3) is 0 Å². The third-order valence-corrected chi connectivity index (χ3v) is 4.89. The third-order valence-electron chi connectivity index (χ3n) is 3.02. The van der Waals surface area contributed by atoms with Gasteiger partial charge in [-0.05, 0) is 18.2 Å². The van der Waals surface area contributed by atoms with Crippen molar-refractivity contribution in [2.24, 2.45) is 0 Å². The number of aliphatic hydroxyl groups excluding tert-OH is 1. The normalized spacial score (nSPS) is 20.8. The second-order valence-corrected chi connectivity index (χ2v) is 6.31. The number of nitrogens with zero attached hydrogens (tertiary/aromatic N) is 1. The van der Waals surface area contributed by atoms with Crippen LogP contribution >= 0.6 is 0 Å². The van der Waals surface area contributed by atoms with Gasteiger partial charge in [-0.1, -0.05) is 6.07 Å². The lowest BCUT2D eigenvalue weighted by atomic mass is 10.2. The predicted octanol–water partition coefficient (Wildman–Crippen LogP) is -0.233. The van der Waals surface area contributed by atoms with E-state index in [4.69, 9.17) is 14.9 Å². The second-order valence-electron chi connectivity index (χ2n) is 4.37. The van der Waals surface area contributed by atoms with Crippen LogP contribution in [0.4, 0.5) is 0 Å². The zero-order valence-electron chi connectivity index (χ0n) is 10.6. The van der Waals surface area contributed by atoms with Gasteiger partial charge in [0.1, 0.15) is 0 Å². The number of ether oxygens (including phenoxy) is 1. The lowest BCUT2D eigenvalue weighted by Crippen LogP contribution is -2.46. The minimum absolute atomic E-state index is 0.0517. The molecule has 0 amide bonds. The summed E-state index contributed by atoms with van der Waals surface area (Å²) in [6.07, 6.45) is -0.554. The van der Waals surface area contributed by atoms with Crippen molar-refractivity contribution in [3.8, 4) is 0 Å². The average Bonchev–Trinajstić information content (AvgIpc) is 2.47. The highest BCUT2D eigenvalue weighted by Gasteiger charge is 2.30. The van der Waals surface area contributed by atoms with Gasteiger partial charge in [-0.25, -0.2) is 13.2 Å². The number of rotatable bonds is 4. The molecule has 20 heavy (non-hydrogen) atoms. The molecule has 0 bridgehead atoms. The minimum atomic E-state index is -3.78. The van der Waals surface area contributed by atoms with Crippen LogP contribution in [0.1, 0.15) is 10.4 Å². The Kier molecular flexibility index (Phi) is 4.39. The fourth-order valence-electron chi connectivity index (χ4n) is 1.96. The number of carbonyl (C=O) groups is 1. The van der Waals surface area contributed by atoms with E-state index >= 15 is 0 Å². The van der Waals surface area contributed by atoms with Crippen molar-refractivity contribution in [1.82, 2.24) is 4.31 Å². The van der Waals surface area contributed by atoms with E-state index < -0.39 is 22.1 Å². The molecule has 2 N–H and O–H groups in total. The Morgan fingerprint density at radius 2 is 2.20 bits per heavy atom. The number of benzene rings is 1. The molecule has 1 atom stereocenters. The first kappa shape index (κ1) is 14.9. The van der Waals surface area contributed by atoms with E-state index in [1.54, 1.807) is 0 Å². The summed E-state index contributed by atoms with van der Waals surface area (Å²) >= 11 is 0. The molecule has 8 heteroatoms. The van der Waals surface area contributed by atoms with Crippen LogP contribution < -0.4 is 0 Å². The highest BCUT2D eigenvalue weighted by atomic mass is 32.2. The molecule has 110 valence electrons. The van der Waals surface area contributed by atoms with E-state index in [0.29, 0.717) is 0 Å². The minimum Gasteiger partial charge on any atom is -0.478 e. The highest BCUT2D eigenvalue weighted by Crippen LogP contribution is 2.19. The first-order valence-electron chi connectivity index (χ1n) is 6.01. The van der Waals surface area contributed by atoms with Gasteiger partial charge in [0.25, 0.3) is 0 Å². The number of aromatic carboxylic acids is 1. The van der Waals surface area contributed by atoms with Gasteiger partial charge in [-0.15, -0.1) is 0 Å². The topological polar surface area (TPSA) is 104 Å². The van der Waals surface area contributed by atoms with Gasteiger partial charge >= 0.3 is 5.97 Å². The van der Waals surface area contributed by atoms with Crippen LogP contribution in [0.3, 0.4) is 0 Å². The van der Waals surface area contributed by atoms with Crippen molar-refractivity contribution < 1.29 is 28.2 Å². The molecule has 7 nitrogen and oxygen atoms in total. The molecule has 0 radical (unpaired) electrons. The van der Waals surface area contributed by atoms with Gasteiger partial charge in [0.2, 0.25) is 10.0 Å². The summed E-state index contributed by atoms with van der Waals surface area (Å²) in [6, 6.07) is 5.20. The van der Waals surface area contributed by atoms with Crippen molar-refractivity contribution in [2.75, 3.05) is 26.3 Å². The zero-order valence-corrected chi connectivity index (χ0v) is 11.4. The van der Waals surface area contributed by atoms with Gasteiger partial charge in [0, 0.05) is 13.1 Å². The molecular weight excluding hydrogens is 286 g/mol. The first-order chi connectivity index (χ1) is 9.45. The van der Waals surface area contributed by atoms with Crippen LogP contribution in [-0.4, -0.2) is 61.3 Å². The van der Waals surface area contributed by atoms with Crippen molar-refractivity contribution in [1.29, 1.82) is 0 Å². The molecule has 1 unspecified atom stereocenters. The SMILES string of the molecule is O=C(O)c1cccc(S(=O)(=O)N2CCOC(CO)C2)c1. The van der Waals surface area contributed by atoms with Crippen molar-refractivity contribution in [3.05, 3.63) is 29.8 Å². The van der Waals surface area contributed by atoms with Crippen LogP contribution in [0.2, 0.25) is 0 Å². The first-order valence-corrected chi connectivity index (χ1v) is 7.45. The van der Waals surface area contributed by atoms with Crippen LogP contribution in [0.5, 0.6) is 0 Å². The fraction of sp³-hybridized carbons (Fsp3) is 0.417. The Hall–Kier alpha value is -1.48. The van der Waals surface area contributed by atoms with E-state index in [2.05, 4.69) is 0 Å². The van der Waals surface area contributed by atoms with Gasteiger partial charge in [0.15, 0.2) is 0 Å². The number of carboxylic acid groups (broad SMARTS) is 1. The predicted molar refractivity (Wildman–Crippen MR) is 69.0 cm³/mol. The molecule has 1 heterocycles. The maximum absolute atomic E-state index is 12.4. The molecule has 2 rings (SSSR count). The number of hydrogen-bond donors (Lipinski definition) is 2. The smallest absolute Gasteiger partial charge is 0.335 e. The molecule has 0 saturated carbocycles. The van der Waals surface area contributed by atoms with E-state index in [-0.39, 0.29) is 36.8 Å². The molecule has 1 saturated heterocycles. The summed E-state index contributed by atoms with van der Waals surface area (Å²) in [5.74, 6) is -1.18. The lowest BCUT2D eigenvalue weighted by Gasteiger charge is -2.31. The Morgan fingerprint density at radius 1 is 1.45 bits per heavy atom. The number of hydrogen-bond acceptors (Lipinski definition) is 5. The van der Waals surface area contributed by atoms with E-state index in [9.17, 15) is 13.2 Å². The maximum Gasteiger partial charge on any atom is 0.335 e. The van der Waals surface area contributed by atoms with Crippen LogP contribution in [-0.2, 0) is 14.8 Å². The summed E-state index contributed by atoms with van der Waals surface area (Å²) in [4.78, 5) is 10.8. The van der Waals surface area contributed by atoms with Gasteiger partial charge in [0.05, 0.1) is 29.8 Å². The molecule has 1 aromatic rings. The van der Waals surface area contributed by atoms with Gasteiger partial charge in [-0.2, -0.15) is 4.31 Å². The molecule has 0 aliphatic carbocycles. The lowest BCUT2D eigenvalue weighted by molar-refractivity contribution is -0.0304. The van der Waals surface area contributed by atoms with Crippen molar-refractivity contribution >= 4 is 16.0 Å². The quantitative estimate of drug-likeness (QED) is 0.796. The number of carboxylic acids is 1. The summed E-state index contributed by atoms with van der Waals surface area (Å²) in [7, 11) is -3.78. The number of sulfonamides is 1. The van der Waals surface area contributed by atoms with E-state index in [0.717, 1.165) is 6.07 Å². The summed E-state index contributed by atoms with van der Waals surface area (Å²) in [5, 5.41) is 17.9. The van der Waals surface area contributed by atoms with Gasteiger partial charge < -0.3 is 14.9 Å². The molecule has 1 aliphatic heterocycles. The average molecular weight is 301 g/mol. The Morgan fingerprint density at radius 3 is 2.85 bits per heavy atom. The van der Waals surface area contributed by atoms with Crippen molar-refractivity contribution in [2.45, 2.75) is 11.0 Å². The molecular formula is C12H15NO6S. The highest BCUT2D eigenvalue weighted by molar-refractivity contribution is 7.89. The third kappa shape index (κ3) is 2.98. The Bertz CT molecular complexity index is 600. The fourth-order valence-corrected chi connectivity index (χ4v) is 3.46. The monoisotopic (exact) mass is 301 g/mol. The molecule has 0 aromatic heterocycles. The Balaban J connectivity index is 2.30. The maximum atomic E-state index is 12.4. The van der Waals surface area contributed by atoms with Crippen molar-refractivity contribution in [3.63, 3.8) is 0 Å². The summed E-state index contributed by atoms with van der Waals surface area (Å²) in [5.41, 5.74) is -0.0851. The second kappa shape index (κ2) is 5.88. The Labute approximate surface area is 116 Å². The summed E-state index contributed by atoms with van der Waals surface area (Å²) < 4.78 is 31.2. The molecule has 1 aromatic carbocycles. The van der Waals surface area contributed by atoms with Crippen LogP contribution in [0.15, 0.2) is 29.2 Å². The molecule has 1 aliphatic rings. The molecule has 1 fully saturated rings. The van der Waals surface area contributed by atoms with Crippen LogP contribution in [0, 0.1) is 0 Å². The number of aliphatic hydroxyl groups is 1. The standard InChI is InChI=1S/C12H15NO6S/c14-8-10-7-13(4-5-19-10)20(17,18)11-3-1-2-9(6-11)12(15)16/h1-3,6,10,14H,4-5,7-8H2,(H,15,16). The molecule has 0 spiro atoms. The van der Waals surface area contributed by atoms with Gasteiger partial charge in [-0.3, -0.25) is 0 Å². The zero-order chi connectivity index (χ0) is 14.8.